The fourth-order valence-corrected chi connectivity index (χ4v) is 1.36. The fraction of sp³-hybridized carbons (Fsp3) is 0.143. The fourth-order valence-electron chi connectivity index (χ4n) is 1.36. The van der Waals surface area contributed by atoms with Crippen LogP contribution in [0.15, 0.2) is 59.8 Å². The smallest absolute Gasteiger partial charge is 0.0245 e. The van der Waals surface area contributed by atoms with Gasteiger partial charge in [0.1, 0.15) is 0 Å². The van der Waals surface area contributed by atoms with Crippen LogP contribution in [0.4, 0.5) is 0 Å². The van der Waals surface area contributed by atoms with E-state index in [1.807, 2.05) is 0 Å². The van der Waals surface area contributed by atoms with Gasteiger partial charge in [-0.3, -0.25) is 0 Å². The summed E-state index contributed by atoms with van der Waals surface area (Å²) in [5, 5.41) is 0. The molecule has 0 saturated heterocycles. The summed E-state index contributed by atoms with van der Waals surface area (Å²) < 4.78 is 0. The van der Waals surface area contributed by atoms with Crippen molar-refractivity contribution in [1.29, 1.82) is 0 Å². The van der Waals surface area contributed by atoms with Crippen LogP contribution in [0, 0.1) is 11.8 Å². The normalized spacial score (nSPS) is 18.3. The Balaban J connectivity index is 2.09. The Morgan fingerprint density at radius 1 is 0.929 bits per heavy atom. The van der Waals surface area contributed by atoms with Crippen molar-refractivity contribution in [3.63, 3.8) is 0 Å². The number of allylic oxidation sites excluding steroid dienone is 10. The minimum absolute atomic E-state index is 0.986. The van der Waals surface area contributed by atoms with E-state index in [-0.39, 0.29) is 0 Å². The predicted octanol–water partition coefficient (Wildman–Crippen LogP) is 3.32. The topological polar surface area (TPSA) is 0 Å². The van der Waals surface area contributed by atoms with Crippen LogP contribution in [0.5, 0.6) is 0 Å². The summed E-state index contributed by atoms with van der Waals surface area (Å²) in [7, 11) is 0. The summed E-state index contributed by atoms with van der Waals surface area (Å²) >= 11 is 0. The Morgan fingerprint density at radius 3 is 2.71 bits per heavy atom. The third kappa shape index (κ3) is 2.37. The Labute approximate surface area is 85.0 Å². The Morgan fingerprint density at radius 2 is 1.86 bits per heavy atom. The molecule has 0 bridgehead atoms. The molecule has 2 rings (SSSR count). The van der Waals surface area contributed by atoms with E-state index < -0.39 is 0 Å². The molecule has 0 aliphatic heterocycles. The van der Waals surface area contributed by atoms with Crippen molar-refractivity contribution < 1.29 is 0 Å². The molecule has 0 radical (unpaired) electrons. The van der Waals surface area contributed by atoms with Gasteiger partial charge < -0.3 is 0 Å². The van der Waals surface area contributed by atoms with E-state index in [9.17, 15) is 0 Å². The van der Waals surface area contributed by atoms with Gasteiger partial charge in [-0.15, -0.1) is 0 Å². The van der Waals surface area contributed by atoms with Gasteiger partial charge in [0.15, 0.2) is 0 Å². The highest BCUT2D eigenvalue weighted by molar-refractivity contribution is 5.48. The van der Waals surface area contributed by atoms with Gasteiger partial charge in [-0.2, -0.15) is 0 Å². The Kier molecular flexibility index (Phi) is 2.83. The lowest BCUT2D eigenvalue weighted by Gasteiger charge is -1.87. The average Bonchev–Trinajstić information content (AvgIpc) is 2.58. The lowest BCUT2D eigenvalue weighted by molar-refractivity contribution is 1.36. The second kappa shape index (κ2) is 4.48. The van der Waals surface area contributed by atoms with Crippen LogP contribution in [0.1, 0.15) is 12.8 Å². The predicted molar refractivity (Wildman–Crippen MR) is 60.6 cm³/mol. The van der Waals surface area contributed by atoms with Crippen molar-refractivity contribution in [3.05, 3.63) is 59.8 Å². The van der Waals surface area contributed by atoms with Crippen LogP contribution in [0.2, 0.25) is 0 Å². The van der Waals surface area contributed by atoms with Gasteiger partial charge in [0, 0.05) is 11.1 Å². The first-order valence-corrected chi connectivity index (χ1v) is 4.86. The SMILES string of the molecule is C(#CC1=CC=CC1)C1=CC=CCC=C1. The summed E-state index contributed by atoms with van der Waals surface area (Å²) in [6, 6.07) is 0. The molecule has 0 spiro atoms. The van der Waals surface area contributed by atoms with Gasteiger partial charge in [-0.05, 0) is 18.9 Å². The van der Waals surface area contributed by atoms with E-state index in [4.69, 9.17) is 0 Å². The van der Waals surface area contributed by atoms with Crippen LogP contribution in [-0.2, 0) is 0 Å². The molecule has 14 heavy (non-hydrogen) atoms. The van der Waals surface area contributed by atoms with Crippen molar-refractivity contribution in [2.75, 3.05) is 0 Å². The summed E-state index contributed by atoms with van der Waals surface area (Å²) in [5.41, 5.74) is 2.29. The summed E-state index contributed by atoms with van der Waals surface area (Å²) in [5.74, 6) is 6.34. The lowest BCUT2D eigenvalue weighted by Crippen LogP contribution is -1.73. The molecule has 0 heterocycles. The Bertz CT molecular complexity index is 415. The van der Waals surface area contributed by atoms with Gasteiger partial charge in [0.25, 0.3) is 0 Å². The monoisotopic (exact) mass is 180 g/mol. The van der Waals surface area contributed by atoms with E-state index in [1.165, 1.54) is 5.57 Å². The molecule has 0 aromatic carbocycles. The van der Waals surface area contributed by atoms with E-state index >= 15 is 0 Å². The van der Waals surface area contributed by atoms with E-state index in [1.54, 1.807) is 0 Å². The molecular weight excluding hydrogens is 168 g/mol. The first kappa shape index (κ1) is 8.84. The first-order valence-electron chi connectivity index (χ1n) is 4.86. The van der Waals surface area contributed by atoms with Crippen molar-refractivity contribution in [3.8, 4) is 11.8 Å². The van der Waals surface area contributed by atoms with E-state index in [0.717, 1.165) is 18.4 Å². The highest BCUT2D eigenvalue weighted by Crippen LogP contribution is 2.09. The maximum atomic E-state index is 3.17. The van der Waals surface area contributed by atoms with Gasteiger partial charge in [0.2, 0.25) is 0 Å². The van der Waals surface area contributed by atoms with E-state index in [0.29, 0.717) is 0 Å². The van der Waals surface area contributed by atoms with Crippen LogP contribution in [-0.4, -0.2) is 0 Å². The molecule has 0 aromatic rings. The van der Waals surface area contributed by atoms with Crippen LogP contribution in [0.25, 0.3) is 0 Å². The number of rotatable bonds is 0. The minimum Gasteiger partial charge on any atom is -0.0807 e. The molecule has 68 valence electrons. The zero-order valence-corrected chi connectivity index (χ0v) is 8.03. The molecule has 0 atom stereocenters. The van der Waals surface area contributed by atoms with Crippen LogP contribution < -0.4 is 0 Å². The second-order valence-electron chi connectivity index (χ2n) is 3.26. The molecule has 0 saturated carbocycles. The average molecular weight is 180 g/mol. The molecule has 0 unspecified atom stereocenters. The highest BCUT2D eigenvalue weighted by Gasteiger charge is 1.93. The quantitative estimate of drug-likeness (QED) is 0.502. The van der Waals surface area contributed by atoms with E-state index in [2.05, 4.69) is 60.4 Å². The molecule has 0 amide bonds. The van der Waals surface area contributed by atoms with Crippen molar-refractivity contribution in [2.45, 2.75) is 12.8 Å². The maximum absolute atomic E-state index is 3.17. The molecule has 2 aliphatic carbocycles. The van der Waals surface area contributed by atoms with Crippen molar-refractivity contribution >= 4 is 0 Å². The van der Waals surface area contributed by atoms with Crippen LogP contribution in [0.3, 0.4) is 0 Å². The Hall–Kier alpha value is -1.74. The van der Waals surface area contributed by atoms with Gasteiger partial charge in [-0.25, -0.2) is 0 Å². The molecule has 0 aromatic heterocycles. The third-order valence-corrected chi connectivity index (χ3v) is 2.12. The standard InChI is InChI=1S/C14H12/c1-2-4-8-13(7-3-1)11-12-14-9-5-6-10-14/h1,3-9H,2,10H2. The zero-order chi connectivity index (χ0) is 9.64. The minimum atomic E-state index is 0.986. The molecule has 0 heteroatoms. The van der Waals surface area contributed by atoms with Crippen LogP contribution >= 0.6 is 0 Å². The van der Waals surface area contributed by atoms with Gasteiger partial charge >= 0.3 is 0 Å². The molecule has 0 N–H and O–H groups in total. The van der Waals surface area contributed by atoms with Crippen molar-refractivity contribution in [2.24, 2.45) is 0 Å². The van der Waals surface area contributed by atoms with Crippen molar-refractivity contribution in [1.82, 2.24) is 0 Å². The maximum Gasteiger partial charge on any atom is 0.0245 e. The molecular formula is C14H12. The number of hydrogen-bond acceptors (Lipinski definition) is 0. The second-order valence-corrected chi connectivity index (χ2v) is 3.26. The highest BCUT2D eigenvalue weighted by atomic mass is 14.0. The van der Waals surface area contributed by atoms with Gasteiger partial charge in [0.05, 0.1) is 0 Å². The third-order valence-electron chi connectivity index (χ3n) is 2.12. The number of hydrogen-bond donors (Lipinski definition) is 0. The summed E-state index contributed by atoms with van der Waals surface area (Å²) in [4.78, 5) is 0. The van der Waals surface area contributed by atoms with Gasteiger partial charge in [-0.1, -0.05) is 54.4 Å². The largest absolute Gasteiger partial charge is 0.0807 e. The molecule has 2 aliphatic rings. The first-order chi connectivity index (χ1) is 6.95. The molecule has 0 fully saturated rings. The zero-order valence-electron chi connectivity index (χ0n) is 8.03. The lowest BCUT2D eigenvalue weighted by atomic mass is 10.2. The summed E-state index contributed by atoms with van der Waals surface area (Å²) in [6.45, 7) is 0. The summed E-state index contributed by atoms with van der Waals surface area (Å²) in [6.07, 6.45) is 18.7. The molecule has 0 nitrogen and oxygen atoms in total.